The fraction of sp³-hybridized carbons (Fsp3) is 0.857. The molecule has 0 aliphatic carbocycles. The summed E-state index contributed by atoms with van der Waals surface area (Å²) in [5.74, 6) is 0.211. The monoisotopic (exact) mass is 306 g/mol. The Hall–Kier alpha value is -0.970. The van der Waals surface area contributed by atoms with E-state index in [1.165, 1.54) is 25.7 Å². The number of nitrogens with zero attached hydrogens (tertiary/aromatic N) is 1. The van der Waals surface area contributed by atoms with Gasteiger partial charge in [0, 0.05) is 13.1 Å². The molecule has 0 rings (SSSR count). The molecular formula is C14H31ClN4O. The maximum Gasteiger partial charge on any atom is 0.321 e. The molecule has 0 saturated heterocycles. The SMILES string of the molecule is CCCCCCN=C(N)NC(=O)NCCCCCC.Cl. The number of carbonyl (C=O) groups excluding carboxylic acids is 1. The highest BCUT2D eigenvalue weighted by Crippen LogP contribution is 1.98. The van der Waals surface area contributed by atoms with Gasteiger partial charge in [0.2, 0.25) is 0 Å². The van der Waals surface area contributed by atoms with Gasteiger partial charge < -0.3 is 11.1 Å². The van der Waals surface area contributed by atoms with Crippen LogP contribution in [0.2, 0.25) is 0 Å². The summed E-state index contributed by atoms with van der Waals surface area (Å²) < 4.78 is 0. The molecule has 20 heavy (non-hydrogen) atoms. The first-order chi connectivity index (χ1) is 9.20. The van der Waals surface area contributed by atoms with Crippen molar-refractivity contribution in [1.82, 2.24) is 10.6 Å². The quantitative estimate of drug-likeness (QED) is 0.329. The lowest BCUT2D eigenvalue weighted by molar-refractivity contribution is 0.245. The summed E-state index contributed by atoms with van der Waals surface area (Å²) >= 11 is 0. The Balaban J connectivity index is 0. The maximum atomic E-state index is 11.4. The number of rotatable bonds is 10. The van der Waals surface area contributed by atoms with Crippen molar-refractivity contribution >= 4 is 24.4 Å². The molecule has 0 aromatic rings. The van der Waals surface area contributed by atoms with Gasteiger partial charge in [0.05, 0.1) is 0 Å². The van der Waals surface area contributed by atoms with Crippen LogP contribution in [0.1, 0.15) is 65.2 Å². The van der Waals surface area contributed by atoms with Crippen molar-refractivity contribution in [2.24, 2.45) is 10.7 Å². The number of urea groups is 1. The summed E-state index contributed by atoms with van der Waals surface area (Å²) in [5.41, 5.74) is 5.62. The second-order valence-corrected chi connectivity index (χ2v) is 4.77. The second kappa shape index (κ2) is 16.1. The van der Waals surface area contributed by atoms with Crippen LogP contribution in [0.15, 0.2) is 4.99 Å². The normalized spacial score (nSPS) is 10.8. The fourth-order valence-corrected chi connectivity index (χ4v) is 1.69. The van der Waals surface area contributed by atoms with E-state index in [4.69, 9.17) is 5.73 Å². The van der Waals surface area contributed by atoms with Gasteiger partial charge in [-0.25, -0.2) is 4.79 Å². The lowest BCUT2D eigenvalue weighted by atomic mass is 10.2. The van der Waals surface area contributed by atoms with Crippen LogP contribution in [0.4, 0.5) is 4.79 Å². The molecule has 0 heterocycles. The number of nitrogens with one attached hydrogen (secondary N) is 2. The molecule has 0 atom stereocenters. The van der Waals surface area contributed by atoms with Crippen LogP contribution >= 0.6 is 12.4 Å². The zero-order valence-electron chi connectivity index (χ0n) is 12.9. The number of nitrogens with two attached hydrogens (primary N) is 1. The van der Waals surface area contributed by atoms with Crippen molar-refractivity contribution in [2.45, 2.75) is 65.2 Å². The van der Waals surface area contributed by atoms with Crippen LogP contribution < -0.4 is 16.4 Å². The summed E-state index contributed by atoms with van der Waals surface area (Å²) in [5, 5.41) is 5.31. The number of guanidine groups is 1. The van der Waals surface area contributed by atoms with Crippen molar-refractivity contribution in [3.8, 4) is 0 Å². The molecular weight excluding hydrogens is 276 g/mol. The number of hydrogen-bond acceptors (Lipinski definition) is 2. The Morgan fingerprint density at radius 3 is 2.20 bits per heavy atom. The number of carbonyl (C=O) groups is 1. The van der Waals surface area contributed by atoms with E-state index >= 15 is 0 Å². The molecule has 0 unspecified atom stereocenters. The standard InChI is InChI=1S/C14H30N4O.ClH/c1-3-5-7-9-11-16-13(15)18-14(19)17-12-10-8-6-4-2;/h3-12H2,1-2H3,(H4,15,16,17,18,19);1H. The number of aliphatic imine (C=N–C) groups is 1. The number of halogens is 1. The van der Waals surface area contributed by atoms with E-state index in [0.717, 1.165) is 25.7 Å². The molecule has 2 amide bonds. The van der Waals surface area contributed by atoms with Gasteiger partial charge >= 0.3 is 6.03 Å². The predicted molar refractivity (Wildman–Crippen MR) is 88.6 cm³/mol. The van der Waals surface area contributed by atoms with Crippen LogP contribution in [-0.2, 0) is 0 Å². The smallest absolute Gasteiger partial charge is 0.321 e. The highest BCUT2D eigenvalue weighted by molar-refractivity contribution is 5.95. The van der Waals surface area contributed by atoms with E-state index in [9.17, 15) is 4.79 Å². The van der Waals surface area contributed by atoms with Crippen LogP contribution in [-0.4, -0.2) is 25.1 Å². The lowest BCUT2D eigenvalue weighted by Crippen LogP contribution is -2.43. The van der Waals surface area contributed by atoms with Gasteiger partial charge in [0.1, 0.15) is 0 Å². The van der Waals surface area contributed by atoms with Gasteiger partial charge in [-0.05, 0) is 12.8 Å². The number of hydrogen-bond donors (Lipinski definition) is 3. The molecule has 0 aliphatic heterocycles. The van der Waals surface area contributed by atoms with Crippen molar-refractivity contribution < 1.29 is 4.79 Å². The minimum atomic E-state index is -0.258. The topological polar surface area (TPSA) is 79.5 Å². The first kappa shape index (κ1) is 21.3. The molecule has 6 heteroatoms. The molecule has 0 aliphatic rings. The molecule has 0 radical (unpaired) electrons. The largest absolute Gasteiger partial charge is 0.370 e. The van der Waals surface area contributed by atoms with Crippen LogP contribution in [0.5, 0.6) is 0 Å². The molecule has 4 N–H and O–H groups in total. The van der Waals surface area contributed by atoms with Crippen LogP contribution in [0, 0.1) is 0 Å². The van der Waals surface area contributed by atoms with E-state index < -0.39 is 0 Å². The minimum absolute atomic E-state index is 0. The number of amides is 2. The second-order valence-electron chi connectivity index (χ2n) is 4.77. The molecule has 0 bridgehead atoms. The van der Waals surface area contributed by atoms with Crippen LogP contribution in [0.25, 0.3) is 0 Å². The summed E-state index contributed by atoms with van der Waals surface area (Å²) in [4.78, 5) is 15.6. The van der Waals surface area contributed by atoms with Crippen molar-refractivity contribution in [1.29, 1.82) is 0 Å². The molecule has 0 fully saturated rings. The molecule has 0 saturated carbocycles. The van der Waals surface area contributed by atoms with Crippen molar-refractivity contribution in [3.63, 3.8) is 0 Å². The minimum Gasteiger partial charge on any atom is -0.370 e. The highest BCUT2D eigenvalue weighted by Gasteiger charge is 2.00. The molecule has 0 aromatic carbocycles. The van der Waals surface area contributed by atoms with Gasteiger partial charge in [-0.15, -0.1) is 12.4 Å². The zero-order chi connectivity index (χ0) is 14.3. The molecule has 120 valence electrons. The third kappa shape index (κ3) is 15.1. The van der Waals surface area contributed by atoms with Gasteiger partial charge in [-0.1, -0.05) is 52.4 Å². The van der Waals surface area contributed by atoms with E-state index in [1.807, 2.05) is 0 Å². The van der Waals surface area contributed by atoms with Crippen molar-refractivity contribution in [3.05, 3.63) is 0 Å². The Labute approximate surface area is 129 Å². The average Bonchev–Trinajstić information content (AvgIpc) is 2.38. The number of unbranched alkanes of at least 4 members (excludes halogenated alkanes) is 6. The lowest BCUT2D eigenvalue weighted by Gasteiger charge is -2.06. The summed E-state index contributed by atoms with van der Waals surface area (Å²) in [6.07, 6.45) is 9.19. The molecule has 0 spiro atoms. The van der Waals surface area contributed by atoms with E-state index in [2.05, 4.69) is 29.5 Å². The summed E-state index contributed by atoms with van der Waals surface area (Å²) in [6.45, 7) is 5.71. The van der Waals surface area contributed by atoms with Gasteiger partial charge in [-0.2, -0.15) is 0 Å². The Morgan fingerprint density at radius 2 is 1.60 bits per heavy atom. The van der Waals surface area contributed by atoms with Gasteiger partial charge in [-0.3, -0.25) is 10.3 Å². The Bertz CT molecular complexity index is 260. The fourth-order valence-electron chi connectivity index (χ4n) is 1.69. The first-order valence-corrected chi connectivity index (χ1v) is 7.55. The third-order valence-corrected chi connectivity index (χ3v) is 2.85. The van der Waals surface area contributed by atoms with E-state index in [1.54, 1.807) is 0 Å². The van der Waals surface area contributed by atoms with E-state index in [-0.39, 0.29) is 24.4 Å². The average molecular weight is 307 g/mol. The first-order valence-electron chi connectivity index (χ1n) is 7.55. The Kier molecular flexibility index (Phi) is 17.2. The van der Waals surface area contributed by atoms with Crippen molar-refractivity contribution in [2.75, 3.05) is 13.1 Å². The zero-order valence-corrected chi connectivity index (χ0v) is 13.7. The summed E-state index contributed by atoms with van der Waals surface area (Å²) in [7, 11) is 0. The van der Waals surface area contributed by atoms with Crippen LogP contribution in [0.3, 0.4) is 0 Å². The third-order valence-electron chi connectivity index (χ3n) is 2.85. The molecule has 0 aromatic heterocycles. The summed E-state index contributed by atoms with van der Waals surface area (Å²) in [6, 6.07) is -0.258. The molecule has 5 nitrogen and oxygen atoms in total. The maximum absolute atomic E-state index is 11.4. The van der Waals surface area contributed by atoms with E-state index in [0.29, 0.717) is 13.1 Å². The van der Waals surface area contributed by atoms with Gasteiger partial charge in [0.15, 0.2) is 5.96 Å². The Morgan fingerprint density at radius 1 is 1.00 bits per heavy atom. The van der Waals surface area contributed by atoms with Gasteiger partial charge in [0.25, 0.3) is 0 Å². The highest BCUT2D eigenvalue weighted by atomic mass is 35.5. The predicted octanol–water partition coefficient (Wildman–Crippen LogP) is 3.18.